The SMILES string of the molecule is O=C1C(Nc2ccc3c(c2)OCCO3)=C(c2cccs2)C(=O)N1c1ccc(F)c(F)c1. The van der Waals surface area contributed by atoms with Crippen LogP contribution in [0.15, 0.2) is 59.6 Å². The van der Waals surface area contributed by atoms with Gasteiger partial charge in [0.15, 0.2) is 23.1 Å². The van der Waals surface area contributed by atoms with Crippen LogP contribution in [-0.2, 0) is 9.59 Å². The van der Waals surface area contributed by atoms with Gasteiger partial charge in [-0.05, 0) is 35.7 Å². The minimum atomic E-state index is -1.15. The highest BCUT2D eigenvalue weighted by atomic mass is 32.1. The first kappa shape index (κ1) is 19.3. The summed E-state index contributed by atoms with van der Waals surface area (Å²) in [4.78, 5) is 27.8. The molecule has 9 heteroatoms. The number of ether oxygens (including phenoxy) is 2. The van der Waals surface area contributed by atoms with E-state index in [4.69, 9.17) is 9.47 Å². The number of imide groups is 1. The number of amides is 2. The second kappa shape index (κ2) is 7.51. The van der Waals surface area contributed by atoms with Crippen LogP contribution in [0.2, 0.25) is 0 Å². The number of carbonyl (C=O) groups is 2. The van der Waals surface area contributed by atoms with Gasteiger partial charge in [-0.1, -0.05) is 6.07 Å². The highest BCUT2D eigenvalue weighted by Gasteiger charge is 2.41. The smallest absolute Gasteiger partial charge is 0.282 e. The molecule has 0 saturated heterocycles. The zero-order valence-electron chi connectivity index (χ0n) is 15.9. The third kappa shape index (κ3) is 3.32. The van der Waals surface area contributed by atoms with E-state index in [2.05, 4.69) is 5.32 Å². The Balaban J connectivity index is 1.56. The fourth-order valence-corrected chi connectivity index (χ4v) is 4.19. The monoisotopic (exact) mass is 440 g/mol. The van der Waals surface area contributed by atoms with Gasteiger partial charge in [-0.15, -0.1) is 11.3 Å². The Morgan fingerprint density at radius 3 is 2.45 bits per heavy atom. The van der Waals surface area contributed by atoms with Crippen molar-refractivity contribution >= 4 is 40.1 Å². The molecule has 0 fully saturated rings. The van der Waals surface area contributed by atoms with Gasteiger partial charge in [-0.25, -0.2) is 13.7 Å². The molecule has 0 spiro atoms. The topological polar surface area (TPSA) is 67.9 Å². The van der Waals surface area contributed by atoms with Gasteiger partial charge in [0.1, 0.15) is 18.9 Å². The first-order valence-corrected chi connectivity index (χ1v) is 10.2. The minimum absolute atomic E-state index is 0.0360. The summed E-state index contributed by atoms with van der Waals surface area (Å²) in [6.07, 6.45) is 0. The Kier molecular flexibility index (Phi) is 4.67. The second-order valence-electron chi connectivity index (χ2n) is 6.75. The van der Waals surface area contributed by atoms with Crippen LogP contribution in [0.1, 0.15) is 4.88 Å². The number of carbonyl (C=O) groups excluding carboxylic acids is 2. The Morgan fingerprint density at radius 2 is 1.71 bits per heavy atom. The molecule has 1 N–H and O–H groups in total. The van der Waals surface area contributed by atoms with E-state index in [0.717, 1.165) is 17.0 Å². The molecular formula is C22H14F2N2O4S. The summed E-state index contributed by atoms with van der Waals surface area (Å²) in [6, 6.07) is 11.4. The quantitative estimate of drug-likeness (QED) is 0.616. The molecule has 1 aromatic heterocycles. The molecule has 6 nitrogen and oxygen atoms in total. The number of nitrogens with one attached hydrogen (secondary N) is 1. The summed E-state index contributed by atoms with van der Waals surface area (Å²) < 4.78 is 38.2. The number of rotatable bonds is 4. The lowest BCUT2D eigenvalue weighted by Crippen LogP contribution is -2.32. The molecule has 2 aliphatic heterocycles. The molecular weight excluding hydrogens is 426 g/mol. The number of benzene rings is 2. The van der Waals surface area contributed by atoms with Crippen LogP contribution in [0.25, 0.3) is 5.57 Å². The summed E-state index contributed by atoms with van der Waals surface area (Å²) in [7, 11) is 0. The fraction of sp³-hybridized carbons (Fsp3) is 0.0909. The summed E-state index contributed by atoms with van der Waals surface area (Å²) in [5.74, 6) is -2.41. The van der Waals surface area contributed by atoms with Crippen molar-refractivity contribution in [1.29, 1.82) is 0 Å². The number of hydrogen-bond donors (Lipinski definition) is 1. The normalized spacial score (nSPS) is 15.6. The molecule has 3 heterocycles. The van der Waals surface area contributed by atoms with Crippen molar-refractivity contribution in [3.8, 4) is 11.5 Å². The van der Waals surface area contributed by atoms with Crippen molar-refractivity contribution in [3.05, 3.63) is 76.1 Å². The van der Waals surface area contributed by atoms with E-state index in [1.807, 2.05) is 0 Å². The van der Waals surface area contributed by atoms with Crippen LogP contribution < -0.4 is 19.7 Å². The van der Waals surface area contributed by atoms with Gasteiger partial charge < -0.3 is 14.8 Å². The average Bonchev–Trinajstić information content (AvgIpc) is 3.37. The van der Waals surface area contributed by atoms with E-state index in [9.17, 15) is 18.4 Å². The molecule has 156 valence electrons. The second-order valence-corrected chi connectivity index (χ2v) is 7.70. The molecule has 2 aliphatic rings. The highest BCUT2D eigenvalue weighted by Crippen LogP contribution is 2.38. The van der Waals surface area contributed by atoms with Crippen molar-refractivity contribution < 1.29 is 27.8 Å². The predicted molar refractivity (Wildman–Crippen MR) is 111 cm³/mol. The molecule has 0 saturated carbocycles. The van der Waals surface area contributed by atoms with E-state index in [1.165, 1.54) is 17.4 Å². The number of anilines is 2. The maximum absolute atomic E-state index is 13.8. The zero-order valence-corrected chi connectivity index (χ0v) is 16.7. The molecule has 0 unspecified atom stereocenters. The molecule has 0 radical (unpaired) electrons. The summed E-state index contributed by atoms with van der Waals surface area (Å²) in [5.41, 5.74) is 0.650. The molecule has 3 aromatic rings. The van der Waals surface area contributed by atoms with Crippen LogP contribution in [0, 0.1) is 11.6 Å². The van der Waals surface area contributed by atoms with Crippen molar-refractivity contribution in [3.63, 3.8) is 0 Å². The van der Waals surface area contributed by atoms with Crippen molar-refractivity contribution in [1.82, 2.24) is 0 Å². The number of nitrogens with zero attached hydrogens (tertiary/aromatic N) is 1. The highest BCUT2D eigenvalue weighted by molar-refractivity contribution is 7.11. The molecule has 31 heavy (non-hydrogen) atoms. The Labute approximate surface area is 179 Å². The van der Waals surface area contributed by atoms with E-state index in [1.54, 1.807) is 35.7 Å². The van der Waals surface area contributed by atoms with Gasteiger partial charge >= 0.3 is 0 Å². The van der Waals surface area contributed by atoms with Gasteiger partial charge in [-0.3, -0.25) is 9.59 Å². The Bertz CT molecular complexity index is 1240. The Hall–Kier alpha value is -3.72. The summed E-state index contributed by atoms with van der Waals surface area (Å²) in [5, 5.41) is 4.79. The standard InChI is InChI=1S/C22H14F2N2O4S/c23-14-5-4-13(11-15(14)24)26-21(27)19(18-2-1-9-31-18)20(22(26)28)25-12-3-6-16-17(10-12)30-8-7-29-16/h1-6,9-11,25H,7-8H2. The van der Waals surface area contributed by atoms with Crippen molar-refractivity contribution in [2.75, 3.05) is 23.4 Å². The molecule has 5 rings (SSSR count). The van der Waals surface area contributed by atoms with Gasteiger partial charge in [0.25, 0.3) is 11.8 Å². The van der Waals surface area contributed by atoms with Crippen LogP contribution in [0.3, 0.4) is 0 Å². The van der Waals surface area contributed by atoms with Gasteiger partial charge in [-0.2, -0.15) is 0 Å². The number of fused-ring (bicyclic) bond motifs is 1. The van der Waals surface area contributed by atoms with Gasteiger partial charge in [0.05, 0.1) is 11.3 Å². The largest absolute Gasteiger partial charge is 0.486 e. The number of halogens is 2. The van der Waals surface area contributed by atoms with E-state index >= 15 is 0 Å². The lowest BCUT2D eigenvalue weighted by molar-refractivity contribution is -0.120. The number of thiophene rings is 1. The fourth-order valence-electron chi connectivity index (χ4n) is 3.42. The van der Waals surface area contributed by atoms with Crippen LogP contribution >= 0.6 is 11.3 Å². The average molecular weight is 440 g/mol. The first-order valence-electron chi connectivity index (χ1n) is 9.31. The lowest BCUT2D eigenvalue weighted by Gasteiger charge is -2.19. The lowest BCUT2D eigenvalue weighted by atomic mass is 10.1. The molecule has 2 amide bonds. The number of hydrogen-bond acceptors (Lipinski definition) is 6. The summed E-state index contributed by atoms with van der Waals surface area (Å²) in [6.45, 7) is 0.852. The van der Waals surface area contributed by atoms with Crippen LogP contribution in [0.4, 0.5) is 20.2 Å². The third-order valence-corrected chi connectivity index (χ3v) is 5.71. The van der Waals surface area contributed by atoms with Crippen LogP contribution in [0.5, 0.6) is 11.5 Å². The summed E-state index contributed by atoms with van der Waals surface area (Å²) >= 11 is 1.29. The van der Waals surface area contributed by atoms with Gasteiger partial charge in [0, 0.05) is 22.7 Å². The molecule has 2 aromatic carbocycles. The van der Waals surface area contributed by atoms with Gasteiger partial charge in [0.2, 0.25) is 0 Å². The zero-order chi connectivity index (χ0) is 21.5. The van der Waals surface area contributed by atoms with E-state index in [-0.39, 0.29) is 17.0 Å². The maximum Gasteiger partial charge on any atom is 0.282 e. The minimum Gasteiger partial charge on any atom is -0.486 e. The van der Waals surface area contributed by atoms with E-state index < -0.39 is 23.4 Å². The molecule has 0 bridgehead atoms. The third-order valence-electron chi connectivity index (χ3n) is 4.82. The molecule has 0 atom stereocenters. The molecule has 0 aliphatic carbocycles. The maximum atomic E-state index is 13.8. The van der Waals surface area contributed by atoms with E-state index in [0.29, 0.717) is 35.3 Å². The van der Waals surface area contributed by atoms with Crippen LogP contribution in [-0.4, -0.2) is 25.0 Å². The Morgan fingerprint density at radius 1 is 0.903 bits per heavy atom. The first-order chi connectivity index (χ1) is 15.0. The predicted octanol–water partition coefficient (Wildman–Crippen LogP) is 4.19. The van der Waals surface area contributed by atoms with Crippen molar-refractivity contribution in [2.24, 2.45) is 0 Å². The van der Waals surface area contributed by atoms with Crippen molar-refractivity contribution in [2.45, 2.75) is 0 Å².